The number of fused-ring (bicyclic) bond motifs is 1. The number of hydrogen-bond donors (Lipinski definition) is 1. The molecule has 1 spiro atoms. The van der Waals surface area contributed by atoms with Crippen molar-refractivity contribution in [3.63, 3.8) is 0 Å². The Balaban J connectivity index is 1.45. The van der Waals surface area contributed by atoms with Gasteiger partial charge in [0.15, 0.2) is 0 Å². The monoisotopic (exact) mass is 260 g/mol. The highest BCUT2D eigenvalue weighted by Crippen LogP contribution is 2.59. The van der Waals surface area contributed by atoms with Crippen LogP contribution in [0.1, 0.15) is 25.1 Å². The normalized spacial score (nSPS) is 28.2. The fourth-order valence-electron chi connectivity index (χ4n) is 3.76. The number of amides is 1. The smallest absolute Gasteiger partial charge is 0.226 e. The van der Waals surface area contributed by atoms with E-state index in [1.165, 1.54) is 12.8 Å². The van der Waals surface area contributed by atoms with Crippen molar-refractivity contribution in [1.29, 1.82) is 0 Å². The average Bonchev–Trinajstić information content (AvgIpc) is 2.93. The van der Waals surface area contributed by atoms with Crippen LogP contribution in [0.5, 0.6) is 0 Å². The minimum absolute atomic E-state index is 0.288. The third-order valence-corrected chi connectivity index (χ3v) is 5.14. The number of nitrogens with zero attached hydrogens (tertiary/aromatic N) is 3. The van der Waals surface area contributed by atoms with Crippen LogP contribution in [0, 0.1) is 11.3 Å². The first-order valence-electron chi connectivity index (χ1n) is 7.28. The molecular weight excluding hydrogens is 240 g/mol. The van der Waals surface area contributed by atoms with E-state index in [-0.39, 0.29) is 5.92 Å². The Morgan fingerprint density at radius 1 is 1.37 bits per heavy atom. The Kier molecular flexibility index (Phi) is 2.45. The van der Waals surface area contributed by atoms with E-state index in [0.717, 1.165) is 38.4 Å². The van der Waals surface area contributed by atoms with Crippen molar-refractivity contribution in [2.45, 2.75) is 32.4 Å². The fourth-order valence-corrected chi connectivity index (χ4v) is 3.76. The molecule has 1 unspecified atom stereocenters. The van der Waals surface area contributed by atoms with Gasteiger partial charge in [-0.05, 0) is 37.8 Å². The number of rotatable bonds is 1. The Labute approximate surface area is 113 Å². The molecule has 1 amide bonds. The van der Waals surface area contributed by atoms with Crippen molar-refractivity contribution in [3.8, 4) is 0 Å². The highest BCUT2D eigenvalue weighted by atomic mass is 16.2. The molecule has 102 valence electrons. The third kappa shape index (κ3) is 1.79. The summed E-state index contributed by atoms with van der Waals surface area (Å²) in [6.07, 6.45) is 7.29. The number of imidazole rings is 1. The summed E-state index contributed by atoms with van der Waals surface area (Å²) in [5.41, 5.74) is 0.342. The van der Waals surface area contributed by atoms with Crippen LogP contribution < -0.4 is 5.32 Å². The molecule has 1 N–H and O–H groups in total. The molecule has 1 aliphatic carbocycles. The summed E-state index contributed by atoms with van der Waals surface area (Å²) in [4.78, 5) is 19.0. The molecular formula is C14H20N4O. The van der Waals surface area contributed by atoms with E-state index in [1.807, 2.05) is 17.3 Å². The van der Waals surface area contributed by atoms with Gasteiger partial charge in [-0.25, -0.2) is 4.98 Å². The summed E-state index contributed by atoms with van der Waals surface area (Å²) < 4.78 is 2.15. The molecule has 1 aromatic rings. The topological polar surface area (TPSA) is 50.2 Å². The van der Waals surface area contributed by atoms with Crippen LogP contribution in [0.2, 0.25) is 0 Å². The predicted octanol–water partition coefficient (Wildman–Crippen LogP) is 0.615. The van der Waals surface area contributed by atoms with Crippen molar-refractivity contribution in [1.82, 2.24) is 19.8 Å². The average molecular weight is 260 g/mol. The number of aromatic nitrogens is 2. The minimum Gasteiger partial charge on any atom is -0.333 e. The molecule has 1 atom stereocenters. The first-order chi connectivity index (χ1) is 9.28. The molecule has 5 heteroatoms. The Morgan fingerprint density at radius 3 is 3.05 bits per heavy atom. The van der Waals surface area contributed by atoms with E-state index in [2.05, 4.69) is 14.9 Å². The lowest BCUT2D eigenvalue weighted by atomic mass is 9.91. The van der Waals surface area contributed by atoms with Gasteiger partial charge in [0.2, 0.25) is 5.91 Å². The summed E-state index contributed by atoms with van der Waals surface area (Å²) in [6, 6.07) is 0. The van der Waals surface area contributed by atoms with E-state index in [0.29, 0.717) is 17.9 Å². The molecule has 3 heterocycles. The zero-order chi connectivity index (χ0) is 12.9. The number of piperidine rings is 1. The summed E-state index contributed by atoms with van der Waals surface area (Å²) in [7, 11) is 0. The predicted molar refractivity (Wildman–Crippen MR) is 70.3 cm³/mol. The van der Waals surface area contributed by atoms with Gasteiger partial charge in [-0.2, -0.15) is 0 Å². The first kappa shape index (κ1) is 11.5. The summed E-state index contributed by atoms with van der Waals surface area (Å²) in [5.74, 6) is 1.69. The van der Waals surface area contributed by atoms with Crippen molar-refractivity contribution in [2.24, 2.45) is 11.3 Å². The van der Waals surface area contributed by atoms with Crippen molar-refractivity contribution in [2.75, 3.05) is 19.6 Å². The molecule has 0 aromatic carbocycles. The molecule has 2 aliphatic heterocycles. The SMILES string of the molecule is O=C(C1CC12CCNCC2)N1CCn2ccnc2C1. The molecule has 1 saturated heterocycles. The van der Waals surface area contributed by atoms with Crippen molar-refractivity contribution in [3.05, 3.63) is 18.2 Å². The minimum atomic E-state index is 0.288. The molecule has 2 fully saturated rings. The van der Waals surface area contributed by atoms with Gasteiger partial charge in [0.1, 0.15) is 5.82 Å². The van der Waals surface area contributed by atoms with Crippen LogP contribution in [0.3, 0.4) is 0 Å². The Morgan fingerprint density at radius 2 is 2.21 bits per heavy atom. The molecule has 5 nitrogen and oxygen atoms in total. The highest BCUT2D eigenvalue weighted by molar-refractivity contribution is 5.82. The highest BCUT2D eigenvalue weighted by Gasteiger charge is 2.58. The Hall–Kier alpha value is -1.36. The lowest BCUT2D eigenvalue weighted by Gasteiger charge is -2.30. The molecule has 0 bridgehead atoms. The molecule has 1 aromatic heterocycles. The van der Waals surface area contributed by atoms with Gasteiger partial charge in [0.05, 0.1) is 6.54 Å². The van der Waals surface area contributed by atoms with Gasteiger partial charge in [0, 0.05) is 31.4 Å². The molecule has 1 saturated carbocycles. The zero-order valence-electron chi connectivity index (χ0n) is 11.1. The van der Waals surface area contributed by atoms with Crippen molar-refractivity contribution < 1.29 is 4.79 Å². The van der Waals surface area contributed by atoms with Gasteiger partial charge in [0.25, 0.3) is 0 Å². The van der Waals surface area contributed by atoms with E-state index in [4.69, 9.17) is 0 Å². The lowest BCUT2D eigenvalue weighted by molar-refractivity contribution is -0.135. The standard InChI is InChI=1S/C14H20N4O/c19-13(11-9-14(11)1-3-15-4-2-14)18-8-7-17-6-5-16-12(17)10-18/h5-6,11,15H,1-4,7-10H2. The van der Waals surface area contributed by atoms with Gasteiger partial charge in [-0.1, -0.05) is 0 Å². The van der Waals surface area contributed by atoms with E-state index in [1.54, 1.807) is 0 Å². The number of nitrogens with one attached hydrogen (secondary N) is 1. The summed E-state index contributed by atoms with van der Waals surface area (Å²) >= 11 is 0. The van der Waals surface area contributed by atoms with Crippen LogP contribution in [0.4, 0.5) is 0 Å². The Bertz CT molecular complexity index is 503. The van der Waals surface area contributed by atoms with E-state index in [9.17, 15) is 4.79 Å². The van der Waals surface area contributed by atoms with Gasteiger partial charge in [-0.15, -0.1) is 0 Å². The van der Waals surface area contributed by atoms with E-state index < -0.39 is 0 Å². The summed E-state index contributed by atoms with van der Waals surface area (Å²) in [6.45, 7) is 4.58. The molecule has 4 rings (SSSR count). The summed E-state index contributed by atoms with van der Waals surface area (Å²) in [5, 5.41) is 3.39. The molecule has 19 heavy (non-hydrogen) atoms. The largest absolute Gasteiger partial charge is 0.333 e. The van der Waals surface area contributed by atoms with Gasteiger partial charge < -0.3 is 14.8 Å². The third-order valence-electron chi connectivity index (χ3n) is 5.14. The van der Waals surface area contributed by atoms with Gasteiger partial charge >= 0.3 is 0 Å². The van der Waals surface area contributed by atoms with Crippen LogP contribution in [0.15, 0.2) is 12.4 Å². The zero-order valence-corrected chi connectivity index (χ0v) is 11.1. The second-order valence-electron chi connectivity index (χ2n) is 6.17. The number of carbonyl (C=O) groups excluding carboxylic acids is 1. The second-order valence-corrected chi connectivity index (χ2v) is 6.17. The quantitative estimate of drug-likeness (QED) is 0.805. The van der Waals surface area contributed by atoms with Crippen LogP contribution in [0.25, 0.3) is 0 Å². The van der Waals surface area contributed by atoms with Gasteiger partial charge in [-0.3, -0.25) is 4.79 Å². The number of hydrogen-bond acceptors (Lipinski definition) is 3. The lowest BCUT2D eigenvalue weighted by Crippen LogP contribution is -2.41. The molecule has 3 aliphatic rings. The second kappa shape index (κ2) is 4.07. The maximum atomic E-state index is 12.6. The van der Waals surface area contributed by atoms with Crippen LogP contribution >= 0.6 is 0 Å². The van der Waals surface area contributed by atoms with Crippen LogP contribution in [-0.2, 0) is 17.9 Å². The first-order valence-corrected chi connectivity index (χ1v) is 7.28. The fraction of sp³-hybridized carbons (Fsp3) is 0.714. The molecule has 0 radical (unpaired) electrons. The number of carbonyl (C=O) groups is 1. The van der Waals surface area contributed by atoms with E-state index >= 15 is 0 Å². The maximum absolute atomic E-state index is 12.6. The van der Waals surface area contributed by atoms with Crippen LogP contribution in [-0.4, -0.2) is 40.0 Å². The van der Waals surface area contributed by atoms with Crippen molar-refractivity contribution >= 4 is 5.91 Å². The maximum Gasteiger partial charge on any atom is 0.226 e.